The number of benzene rings is 1. The second kappa shape index (κ2) is 11.5. The van der Waals surface area contributed by atoms with Crippen LogP contribution in [0.3, 0.4) is 0 Å². The molecule has 0 aliphatic heterocycles. The van der Waals surface area contributed by atoms with Gasteiger partial charge in [0, 0.05) is 18.2 Å². The summed E-state index contributed by atoms with van der Waals surface area (Å²) in [6, 6.07) is 3.01. The number of hydrogen-bond acceptors (Lipinski definition) is 7. The van der Waals surface area contributed by atoms with Crippen LogP contribution in [0.2, 0.25) is 0 Å². The minimum Gasteiger partial charge on any atom is -0.508 e. The summed E-state index contributed by atoms with van der Waals surface area (Å²) in [5, 5.41) is 34.5. The largest absolute Gasteiger partial charge is 0.508 e. The molecular formula is C21H33N3O7. The number of aliphatic hydroxyl groups excluding tert-OH is 2. The maximum absolute atomic E-state index is 13.2. The van der Waals surface area contributed by atoms with Crippen LogP contribution in [0.4, 0.5) is 4.79 Å². The molecule has 0 aliphatic carbocycles. The Hall–Kier alpha value is -2.85. The Kier molecular flexibility index (Phi) is 9.73. The molecule has 0 aromatic heterocycles. The molecule has 0 saturated carbocycles. The van der Waals surface area contributed by atoms with Crippen molar-refractivity contribution in [1.82, 2.24) is 15.5 Å². The highest BCUT2D eigenvalue weighted by Crippen LogP contribution is 2.29. The van der Waals surface area contributed by atoms with Gasteiger partial charge < -0.3 is 35.6 Å². The normalized spacial score (nSPS) is 13.3. The summed E-state index contributed by atoms with van der Waals surface area (Å²) in [4.78, 5) is 39.3. The van der Waals surface area contributed by atoms with E-state index in [-0.39, 0.29) is 23.9 Å². The molecule has 1 aromatic carbocycles. The van der Waals surface area contributed by atoms with E-state index in [0.717, 1.165) is 4.90 Å². The quantitative estimate of drug-likeness (QED) is 0.380. The number of para-hydroxylation sites is 1. The number of rotatable bonds is 9. The summed E-state index contributed by atoms with van der Waals surface area (Å²) >= 11 is 0. The van der Waals surface area contributed by atoms with E-state index in [1.807, 2.05) is 0 Å². The number of aromatic hydroxyl groups is 1. The highest BCUT2D eigenvalue weighted by Gasteiger charge is 2.37. The number of nitrogens with zero attached hydrogens (tertiary/aromatic N) is 1. The molecule has 0 bridgehead atoms. The molecule has 10 heteroatoms. The number of carbonyl (C=O) groups excluding carboxylic acids is 3. The maximum atomic E-state index is 13.2. The predicted octanol–water partition coefficient (Wildman–Crippen LogP) is 0.664. The summed E-state index contributed by atoms with van der Waals surface area (Å²) in [5.41, 5.74) is -0.690. The number of hydrogen-bond donors (Lipinski definition) is 5. The molecule has 0 spiro atoms. The van der Waals surface area contributed by atoms with E-state index in [9.17, 15) is 29.7 Å². The van der Waals surface area contributed by atoms with Crippen molar-refractivity contribution in [3.63, 3.8) is 0 Å². The first-order chi connectivity index (χ1) is 14.4. The molecule has 2 atom stereocenters. The van der Waals surface area contributed by atoms with E-state index in [0.29, 0.717) is 0 Å². The second-order valence-electron chi connectivity index (χ2n) is 8.26. The molecule has 2 unspecified atom stereocenters. The van der Waals surface area contributed by atoms with Crippen molar-refractivity contribution in [2.24, 2.45) is 0 Å². The number of nitrogens with one attached hydrogen (secondary N) is 2. The lowest BCUT2D eigenvalue weighted by Crippen LogP contribution is -2.55. The third kappa shape index (κ3) is 8.06. The Labute approximate surface area is 182 Å². The molecule has 0 fully saturated rings. The zero-order chi connectivity index (χ0) is 23.8. The lowest BCUT2D eigenvalue weighted by molar-refractivity contribution is -0.144. The Morgan fingerprint density at radius 3 is 2.19 bits per heavy atom. The van der Waals surface area contributed by atoms with Gasteiger partial charge in [0.05, 0.1) is 13.2 Å². The van der Waals surface area contributed by atoms with Crippen LogP contribution in [0.1, 0.15) is 46.2 Å². The molecule has 0 heterocycles. The van der Waals surface area contributed by atoms with Gasteiger partial charge in [-0.2, -0.15) is 0 Å². The van der Waals surface area contributed by atoms with Gasteiger partial charge in [0.2, 0.25) is 11.8 Å². The van der Waals surface area contributed by atoms with Crippen LogP contribution in [0, 0.1) is 0 Å². The predicted molar refractivity (Wildman–Crippen MR) is 113 cm³/mol. The number of aliphatic hydroxyl groups is 2. The highest BCUT2D eigenvalue weighted by molar-refractivity contribution is 5.92. The van der Waals surface area contributed by atoms with Crippen molar-refractivity contribution in [1.29, 1.82) is 0 Å². The van der Waals surface area contributed by atoms with Crippen molar-refractivity contribution in [2.45, 2.75) is 58.3 Å². The summed E-state index contributed by atoms with van der Waals surface area (Å²) in [7, 11) is 0. The average molecular weight is 440 g/mol. The third-order valence-corrected chi connectivity index (χ3v) is 4.02. The summed E-state index contributed by atoms with van der Waals surface area (Å²) in [5.74, 6) is -1.63. The fraction of sp³-hybridized carbons (Fsp3) is 0.571. The van der Waals surface area contributed by atoms with Crippen LogP contribution in [0.15, 0.2) is 24.3 Å². The van der Waals surface area contributed by atoms with E-state index in [1.165, 1.54) is 12.1 Å². The van der Waals surface area contributed by atoms with Gasteiger partial charge in [0.1, 0.15) is 23.4 Å². The van der Waals surface area contributed by atoms with E-state index in [4.69, 9.17) is 4.74 Å². The minimum atomic E-state index is -1.43. The summed E-state index contributed by atoms with van der Waals surface area (Å²) in [6.45, 7) is 6.86. The van der Waals surface area contributed by atoms with E-state index >= 15 is 0 Å². The lowest BCUT2D eigenvalue weighted by Gasteiger charge is -2.34. The molecule has 5 N–H and O–H groups in total. The van der Waals surface area contributed by atoms with Crippen LogP contribution >= 0.6 is 0 Å². The first-order valence-corrected chi connectivity index (χ1v) is 10.0. The average Bonchev–Trinajstić information content (AvgIpc) is 2.64. The van der Waals surface area contributed by atoms with Crippen molar-refractivity contribution < 1.29 is 34.4 Å². The van der Waals surface area contributed by atoms with Crippen molar-refractivity contribution in [3.8, 4) is 5.75 Å². The monoisotopic (exact) mass is 439 g/mol. The standard InChI is InChI=1S/C21H33N3O7/c1-13(2)22-18(28)17(14-8-6-7-9-16(14)27)24(10-11-25)19(29)15(12-26)23-20(30)31-21(3,4)5/h6-9,13,15,17,25-27H,10-12H2,1-5H3,(H,22,28)(H,23,30). The number of phenolic OH excluding ortho intramolecular Hbond substituents is 1. The molecule has 3 amide bonds. The maximum Gasteiger partial charge on any atom is 0.408 e. The van der Waals surface area contributed by atoms with Gasteiger partial charge in [-0.1, -0.05) is 18.2 Å². The molecule has 1 aromatic rings. The number of amides is 3. The van der Waals surface area contributed by atoms with Gasteiger partial charge in [0.25, 0.3) is 0 Å². The molecule has 0 aliphatic rings. The summed E-state index contributed by atoms with van der Waals surface area (Å²) in [6.07, 6.45) is -0.922. The number of carbonyl (C=O) groups is 3. The zero-order valence-electron chi connectivity index (χ0n) is 18.6. The molecule has 1 rings (SSSR count). The number of phenols is 1. The fourth-order valence-corrected chi connectivity index (χ4v) is 2.84. The summed E-state index contributed by atoms with van der Waals surface area (Å²) < 4.78 is 5.12. The van der Waals surface area contributed by atoms with Crippen molar-refractivity contribution in [3.05, 3.63) is 29.8 Å². The van der Waals surface area contributed by atoms with E-state index < -0.39 is 48.8 Å². The van der Waals surface area contributed by atoms with Gasteiger partial charge >= 0.3 is 6.09 Å². The van der Waals surface area contributed by atoms with E-state index in [1.54, 1.807) is 46.8 Å². The van der Waals surface area contributed by atoms with Crippen LogP contribution in [-0.2, 0) is 14.3 Å². The highest BCUT2D eigenvalue weighted by atomic mass is 16.6. The molecule has 174 valence electrons. The fourth-order valence-electron chi connectivity index (χ4n) is 2.84. The Bertz CT molecular complexity index is 762. The van der Waals surface area contributed by atoms with Crippen LogP contribution in [-0.4, -0.2) is 75.6 Å². The van der Waals surface area contributed by atoms with Gasteiger partial charge in [-0.25, -0.2) is 4.79 Å². The van der Waals surface area contributed by atoms with Crippen LogP contribution in [0.25, 0.3) is 0 Å². The van der Waals surface area contributed by atoms with Crippen molar-refractivity contribution >= 4 is 17.9 Å². The molecular weight excluding hydrogens is 406 g/mol. The topological polar surface area (TPSA) is 148 Å². The Morgan fingerprint density at radius 1 is 1.10 bits per heavy atom. The first-order valence-electron chi connectivity index (χ1n) is 10.0. The Morgan fingerprint density at radius 2 is 1.71 bits per heavy atom. The van der Waals surface area contributed by atoms with Gasteiger partial charge in [-0.05, 0) is 40.7 Å². The van der Waals surface area contributed by atoms with Crippen LogP contribution < -0.4 is 10.6 Å². The minimum absolute atomic E-state index is 0.136. The van der Waals surface area contributed by atoms with Gasteiger partial charge in [-0.15, -0.1) is 0 Å². The number of ether oxygens (including phenoxy) is 1. The number of alkyl carbamates (subject to hydrolysis) is 1. The van der Waals surface area contributed by atoms with Crippen LogP contribution in [0.5, 0.6) is 5.75 Å². The molecule has 10 nitrogen and oxygen atoms in total. The zero-order valence-corrected chi connectivity index (χ0v) is 18.6. The second-order valence-corrected chi connectivity index (χ2v) is 8.26. The first kappa shape index (κ1) is 26.2. The van der Waals surface area contributed by atoms with Gasteiger partial charge in [-0.3, -0.25) is 9.59 Å². The lowest BCUT2D eigenvalue weighted by atomic mass is 10.0. The Balaban J connectivity index is 3.32. The molecule has 0 saturated heterocycles. The molecule has 31 heavy (non-hydrogen) atoms. The SMILES string of the molecule is CC(C)NC(=O)C(c1ccccc1O)N(CCO)C(=O)C(CO)NC(=O)OC(C)(C)C. The third-order valence-electron chi connectivity index (χ3n) is 4.02. The molecule has 0 radical (unpaired) electrons. The van der Waals surface area contributed by atoms with Gasteiger partial charge in [0.15, 0.2) is 0 Å². The smallest absolute Gasteiger partial charge is 0.408 e. The van der Waals surface area contributed by atoms with Crippen molar-refractivity contribution in [2.75, 3.05) is 19.8 Å². The van der Waals surface area contributed by atoms with E-state index in [2.05, 4.69) is 10.6 Å².